The molecule has 6 nitrogen and oxygen atoms in total. The monoisotopic (exact) mass is 1050 g/mol. The van der Waals surface area contributed by atoms with Crippen LogP contribution in [0.15, 0.2) is 0 Å². The van der Waals surface area contributed by atoms with E-state index in [1.165, 1.54) is 302 Å². The van der Waals surface area contributed by atoms with E-state index in [0.29, 0.717) is 19.3 Å². The molecule has 1 atom stereocenters. The Hall–Kier alpha value is -1.59. The molecule has 440 valence electrons. The van der Waals surface area contributed by atoms with Crippen LogP contribution in [-0.2, 0) is 28.6 Å². The normalized spacial score (nSPS) is 11.9. The third-order valence-electron chi connectivity index (χ3n) is 15.9. The Morgan fingerprint density at radius 3 is 0.541 bits per heavy atom. The molecule has 0 N–H and O–H groups in total. The largest absolute Gasteiger partial charge is 0.462 e. The third kappa shape index (κ3) is 61.3. The van der Waals surface area contributed by atoms with Gasteiger partial charge in [-0.2, -0.15) is 0 Å². The van der Waals surface area contributed by atoms with E-state index in [1.54, 1.807) is 0 Å². The van der Waals surface area contributed by atoms with Gasteiger partial charge in [0.05, 0.1) is 0 Å². The predicted octanol–water partition coefficient (Wildman–Crippen LogP) is 23.1. The maximum absolute atomic E-state index is 12.9. The fourth-order valence-corrected chi connectivity index (χ4v) is 10.7. The van der Waals surface area contributed by atoms with E-state index < -0.39 is 6.10 Å². The van der Waals surface area contributed by atoms with Crippen molar-refractivity contribution in [1.29, 1.82) is 0 Å². The summed E-state index contributed by atoms with van der Waals surface area (Å²) in [6, 6.07) is 0. The van der Waals surface area contributed by atoms with Crippen LogP contribution in [0.4, 0.5) is 0 Å². The molecular formula is C68H132O6. The first-order valence-corrected chi connectivity index (χ1v) is 34.0. The average molecular weight is 1050 g/mol. The number of rotatable bonds is 64. The Kier molecular flexibility index (Phi) is 62.6. The van der Waals surface area contributed by atoms with Crippen LogP contribution in [0.25, 0.3) is 0 Å². The summed E-state index contributed by atoms with van der Waals surface area (Å²) >= 11 is 0. The molecule has 0 aromatic carbocycles. The molecule has 0 aromatic rings. The van der Waals surface area contributed by atoms with E-state index >= 15 is 0 Å². The zero-order valence-electron chi connectivity index (χ0n) is 50.7. The highest BCUT2D eigenvalue weighted by Crippen LogP contribution is 2.19. The molecule has 0 aliphatic rings. The van der Waals surface area contributed by atoms with Crippen LogP contribution < -0.4 is 0 Å². The standard InChI is InChI=1S/C68H132O6/c1-4-7-10-13-16-19-22-25-27-29-31-32-33-34-35-37-38-40-43-46-49-52-55-58-61-67(70)73-64-65(63-72-66(69)60-57-54-51-48-45-42-24-21-18-15-12-9-6-3)74-68(71)62-59-56-53-50-47-44-41-39-36-30-28-26-23-20-17-14-11-8-5-2/h65H,4-64H2,1-3H3. The van der Waals surface area contributed by atoms with E-state index in [0.717, 1.165) is 57.8 Å². The molecular weight excluding hydrogens is 913 g/mol. The first kappa shape index (κ1) is 72.4. The molecule has 0 fully saturated rings. The van der Waals surface area contributed by atoms with Crippen LogP contribution in [0.3, 0.4) is 0 Å². The molecule has 0 radical (unpaired) electrons. The van der Waals surface area contributed by atoms with E-state index in [2.05, 4.69) is 20.8 Å². The number of esters is 3. The molecule has 0 aliphatic carbocycles. The summed E-state index contributed by atoms with van der Waals surface area (Å²) in [7, 11) is 0. The molecule has 74 heavy (non-hydrogen) atoms. The van der Waals surface area contributed by atoms with Gasteiger partial charge in [-0.25, -0.2) is 0 Å². The third-order valence-corrected chi connectivity index (χ3v) is 15.9. The highest BCUT2D eigenvalue weighted by molar-refractivity contribution is 5.71. The summed E-state index contributed by atoms with van der Waals surface area (Å²) < 4.78 is 17.0. The Morgan fingerprint density at radius 2 is 0.365 bits per heavy atom. The van der Waals surface area contributed by atoms with Crippen molar-refractivity contribution < 1.29 is 28.6 Å². The number of hydrogen-bond donors (Lipinski definition) is 0. The van der Waals surface area contributed by atoms with Crippen LogP contribution in [0.5, 0.6) is 0 Å². The van der Waals surface area contributed by atoms with Crippen molar-refractivity contribution in [2.24, 2.45) is 0 Å². The summed E-state index contributed by atoms with van der Waals surface area (Å²) in [4.78, 5) is 38.3. The second kappa shape index (κ2) is 63.9. The fourth-order valence-electron chi connectivity index (χ4n) is 10.7. The minimum atomic E-state index is -0.762. The Balaban J connectivity index is 4.20. The minimum absolute atomic E-state index is 0.0603. The number of carbonyl (C=O) groups excluding carboxylic acids is 3. The molecule has 0 bridgehead atoms. The lowest BCUT2D eigenvalue weighted by Crippen LogP contribution is -2.30. The molecule has 0 saturated heterocycles. The smallest absolute Gasteiger partial charge is 0.306 e. The predicted molar refractivity (Wildman–Crippen MR) is 321 cm³/mol. The van der Waals surface area contributed by atoms with Crippen molar-refractivity contribution in [3.05, 3.63) is 0 Å². The first-order valence-electron chi connectivity index (χ1n) is 34.0. The average Bonchev–Trinajstić information content (AvgIpc) is 3.40. The molecule has 0 aromatic heterocycles. The van der Waals surface area contributed by atoms with Gasteiger partial charge in [0.1, 0.15) is 13.2 Å². The van der Waals surface area contributed by atoms with Gasteiger partial charge in [-0.15, -0.1) is 0 Å². The summed E-state index contributed by atoms with van der Waals surface area (Å²) in [5.41, 5.74) is 0. The molecule has 0 heterocycles. The first-order chi connectivity index (χ1) is 36.5. The van der Waals surface area contributed by atoms with Crippen LogP contribution in [0, 0.1) is 0 Å². The number of ether oxygens (including phenoxy) is 3. The van der Waals surface area contributed by atoms with Crippen molar-refractivity contribution in [3.63, 3.8) is 0 Å². The lowest BCUT2D eigenvalue weighted by Gasteiger charge is -2.18. The molecule has 0 amide bonds. The number of carbonyl (C=O) groups is 3. The van der Waals surface area contributed by atoms with Gasteiger partial charge in [0, 0.05) is 19.3 Å². The van der Waals surface area contributed by atoms with Crippen molar-refractivity contribution in [3.8, 4) is 0 Å². The number of unbranched alkanes of at least 4 members (excludes halogenated alkanes) is 53. The molecule has 0 saturated carbocycles. The highest BCUT2D eigenvalue weighted by Gasteiger charge is 2.19. The maximum atomic E-state index is 12.9. The molecule has 1 unspecified atom stereocenters. The van der Waals surface area contributed by atoms with Crippen LogP contribution in [0.2, 0.25) is 0 Å². The second-order valence-electron chi connectivity index (χ2n) is 23.5. The summed E-state index contributed by atoms with van der Waals surface area (Å²) in [6.45, 7) is 6.74. The molecule has 6 heteroatoms. The van der Waals surface area contributed by atoms with E-state index in [9.17, 15) is 14.4 Å². The summed E-state index contributed by atoms with van der Waals surface area (Å²) in [6.07, 6.45) is 74.1. The van der Waals surface area contributed by atoms with E-state index in [-0.39, 0.29) is 31.1 Å². The van der Waals surface area contributed by atoms with E-state index in [1.807, 2.05) is 0 Å². The second-order valence-corrected chi connectivity index (χ2v) is 23.5. The van der Waals surface area contributed by atoms with Gasteiger partial charge in [-0.3, -0.25) is 14.4 Å². The van der Waals surface area contributed by atoms with Gasteiger partial charge in [-0.05, 0) is 19.3 Å². The highest BCUT2D eigenvalue weighted by atomic mass is 16.6. The zero-order chi connectivity index (χ0) is 53.6. The van der Waals surface area contributed by atoms with Gasteiger partial charge < -0.3 is 14.2 Å². The van der Waals surface area contributed by atoms with Crippen molar-refractivity contribution in [2.45, 2.75) is 406 Å². The minimum Gasteiger partial charge on any atom is -0.462 e. The fraction of sp³-hybridized carbons (Fsp3) is 0.956. The molecule has 0 aliphatic heterocycles. The van der Waals surface area contributed by atoms with Gasteiger partial charge in [0.15, 0.2) is 6.10 Å². The van der Waals surface area contributed by atoms with Crippen LogP contribution >= 0.6 is 0 Å². The van der Waals surface area contributed by atoms with Gasteiger partial charge >= 0.3 is 17.9 Å². The molecule has 0 rings (SSSR count). The topological polar surface area (TPSA) is 78.9 Å². The zero-order valence-corrected chi connectivity index (χ0v) is 50.7. The Bertz CT molecular complexity index is 1110. The lowest BCUT2D eigenvalue weighted by molar-refractivity contribution is -0.167. The van der Waals surface area contributed by atoms with Crippen molar-refractivity contribution in [1.82, 2.24) is 0 Å². The van der Waals surface area contributed by atoms with Crippen LogP contribution in [-0.4, -0.2) is 37.2 Å². The van der Waals surface area contributed by atoms with Gasteiger partial charge in [-0.1, -0.05) is 361 Å². The SMILES string of the molecule is CCCCCCCCCCCCCCCCCCCCCCCCCCC(=O)OCC(COC(=O)CCCCCCCCCCCCCCC)OC(=O)CCCCCCCCCCCCCCCCCCCCC. The van der Waals surface area contributed by atoms with E-state index in [4.69, 9.17) is 14.2 Å². The molecule has 0 spiro atoms. The Morgan fingerprint density at radius 1 is 0.216 bits per heavy atom. The van der Waals surface area contributed by atoms with Crippen LogP contribution in [0.1, 0.15) is 400 Å². The van der Waals surface area contributed by atoms with Gasteiger partial charge in [0.2, 0.25) is 0 Å². The Labute approximate surface area is 463 Å². The maximum Gasteiger partial charge on any atom is 0.306 e. The van der Waals surface area contributed by atoms with Crippen molar-refractivity contribution in [2.75, 3.05) is 13.2 Å². The van der Waals surface area contributed by atoms with Gasteiger partial charge in [0.25, 0.3) is 0 Å². The summed E-state index contributed by atoms with van der Waals surface area (Å²) in [5, 5.41) is 0. The quantitative estimate of drug-likeness (QED) is 0.0343. The summed E-state index contributed by atoms with van der Waals surface area (Å²) in [5.74, 6) is -0.822. The number of hydrogen-bond acceptors (Lipinski definition) is 6. The van der Waals surface area contributed by atoms with Crippen molar-refractivity contribution >= 4 is 17.9 Å². The lowest BCUT2D eigenvalue weighted by atomic mass is 10.0.